The first kappa shape index (κ1) is 18.2. The highest BCUT2D eigenvalue weighted by Crippen LogP contribution is 2.26. The molecule has 1 unspecified atom stereocenters. The molecular weight excluding hydrogens is 290 g/mol. The van der Waals surface area contributed by atoms with Crippen molar-refractivity contribution in [3.05, 3.63) is 0 Å². The van der Waals surface area contributed by atoms with Crippen LogP contribution >= 0.6 is 12.4 Å². The number of rotatable bonds is 3. The van der Waals surface area contributed by atoms with E-state index >= 15 is 0 Å². The maximum Gasteiger partial charge on any atom is 0.244 e. The first-order valence-electron chi connectivity index (χ1n) is 7.91. The Morgan fingerprint density at radius 1 is 1.05 bits per heavy atom. The highest BCUT2D eigenvalue weighted by atomic mass is 35.5. The number of hydrogen-bond donors (Lipinski definition) is 2. The van der Waals surface area contributed by atoms with E-state index < -0.39 is 11.6 Å². The van der Waals surface area contributed by atoms with E-state index in [1.54, 1.807) is 6.92 Å². The number of hydrogen-bond acceptors (Lipinski definition) is 3. The normalized spacial score (nSPS) is 22.9. The highest BCUT2D eigenvalue weighted by molar-refractivity contribution is 5.91. The zero-order valence-electron chi connectivity index (χ0n) is 12.9. The van der Waals surface area contributed by atoms with Gasteiger partial charge in [0, 0.05) is 13.1 Å². The minimum atomic E-state index is -0.769. The first-order chi connectivity index (χ1) is 9.53. The van der Waals surface area contributed by atoms with E-state index in [4.69, 9.17) is 5.73 Å². The summed E-state index contributed by atoms with van der Waals surface area (Å²) in [5, 5.41) is 2.83. The molecule has 5 nitrogen and oxygen atoms in total. The van der Waals surface area contributed by atoms with Crippen molar-refractivity contribution in [1.82, 2.24) is 10.2 Å². The fourth-order valence-electron chi connectivity index (χ4n) is 3.20. The molecule has 1 aliphatic heterocycles. The number of nitrogens with one attached hydrogen (secondary N) is 1. The van der Waals surface area contributed by atoms with Gasteiger partial charge in [-0.05, 0) is 39.0 Å². The Hall–Kier alpha value is -0.810. The average Bonchev–Trinajstić information content (AvgIpc) is 2.48. The number of carbonyl (C=O) groups is 2. The fourth-order valence-corrected chi connectivity index (χ4v) is 3.20. The Morgan fingerprint density at radius 2 is 1.57 bits per heavy atom. The van der Waals surface area contributed by atoms with Crippen molar-refractivity contribution in [2.45, 2.75) is 69.9 Å². The predicted octanol–water partition coefficient (Wildman–Crippen LogP) is 1.59. The van der Waals surface area contributed by atoms with E-state index in [-0.39, 0.29) is 24.2 Å². The zero-order valence-corrected chi connectivity index (χ0v) is 13.7. The molecule has 122 valence electrons. The summed E-state index contributed by atoms with van der Waals surface area (Å²) in [6.07, 6.45) is 7.91. The second-order valence-corrected chi connectivity index (χ2v) is 6.30. The van der Waals surface area contributed by atoms with Gasteiger partial charge in [-0.25, -0.2) is 0 Å². The minimum absolute atomic E-state index is 0. The van der Waals surface area contributed by atoms with Gasteiger partial charge in [0.05, 0.1) is 5.54 Å². The number of likely N-dealkylation sites (tertiary alicyclic amines) is 1. The van der Waals surface area contributed by atoms with Gasteiger partial charge in [0.2, 0.25) is 11.8 Å². The van der Waals surface area contributed by atoms with Gasteiger partial charge >= 0.3 is 0 Å². The zero-order chi connectivity index (χ0) is 14.6. The molecule has 0 aromatic rings. The van der Waals surface area contributed by atoms with Crippen LogP contribution in [-0.4, -0.2) is 41.4 Å². The molecule has 2 amide bonds. The second kappa shape index (κ2) is 7.99. The van der Waals surface area contributed by atoms with E-state index in [1.807, 2.05) is 4.90 Å². The maximum absolute atomic E-state index is 12.3. The van der Waals surface area contributed by atoms with Crippen molar-refractivity contribution in [2.24, 2.45) is 5.73 Å². The lowest BCUT2D eigenvalue weighted by molar-refractivity contribution is -0.138. The number of amides is 2. The molecule has 6 heteroatoms. The summed E-state index contributed by atoms with van der Waals surface area (Å²) in [4.78, 5) is 26.5. The van der Waals surface area contributed by atoms with Crippen LogP contribution in [0.1, 0.15) is 58.3 Å². The third-order valence-corrected chi connectivity index (χ3v) is 4.58. The van der Waals surface area contributed by atoms with Gasteiger partial charge in [-0.2, -0.15) is 0 Å². The van der Waals surface area contributed by atoms with Crippen LogP contribution < -0.4 is 11.1 Å². The number of piperidine rings is 1. The maximum atomic E-state index is 12.3. The van der Waals surface area contributed by atoms with Crippen LogP contribution in [0.3, 0.4) is 0 Å². The summed E-state index contributed by atoms with van der Waals surface area (Å²) in [7, 11) is 0. The standard InChI is InChI=1S/C15H27N3O2.ClH/c1-12(13(19)18-10-6-3-7-11-18)17-14(20)15(16)8-4-2-5-9-15;/h12H,2-11,16H2,1H3,(H,17,20);1H. The van der Waals surface area contributed by atoms with Crippen molar-refractivity contribution in [3.8, 4) is 0 Å². The molecule has 2 rings (SSSR count). The fraction of sp³-hybridized carbons (Fsp3) is 0.867. The molecule has 1 atom stereocenters. The van der Waals surface area contributed by atoms with Gasteiger partial charge in [0.25, 0.3) is 0 Å². The van der Waals surface area contributed by atoms with Gasteiger partial charge in [-0.15, -0.1) is 12.4 Å². The summed E-state index contributed by atoms with van der Waals surface area (Å²) < 4.78 is 0. The monoisotopic (exact) mass is 317 g/mol. The molecule has 1 aliphatic carbocycles. The molecular formula is C15H28ClN3O2. The average molecular weight is 318 g/mol. The van der Waals surface area contributed by atoms with Crippen molar-refractivity contribution in [1.29, 1.82) is 0 Å². The van der Waals surface area contributed by atoms with Crippen molar-refractivity contribution >= 4 is 24.2 Å². The molecule has 0 bridgehead atoms. The van der Waals surface area contributed by atoms with E-state index in [2.05, 4.69) is 5.32 Å². The highest BCUT2D eigenvalue weighted by Gasteiger charge is 2.37. The third-order valence-electron chi connectivity index (χ3n) is 4.58. The summed E-state index contributed by atoms with van der Waals surface area (Å²) in [5.41, 5.74) is 5.42. The molecule has 0 radical (unpaired) electrons. The lowest BCUT2D eigenvalue weighted by Gasteiger charge is -2.34. The lowest BCUT2D eigenvalue weighted by Crippen LogP contribution is -2.59. The van der Waals surface area contributed by atoms with Gasteiger partial charge in [0.1, 0.15) is 6.04 Å². The van der Waals surface area contributed by atoms with Crippen LogP contribution in [0.5, 0.6) is 0 Å². The van der Waals surface area contributed by atoms with Crippen LogP contribution in [0.25, 0.3) is 0 Å². The van der Waals surface area contributed by atoms with Crippen LogP contribution in [0.15, 0.2) is 0 Å². The Bertz CT molecular complexity index is 364. The van der Waals surface area contributed by atoms with E-state index in [1.165, 1.54) is 6.42 Å². The van der Waals surface area contributed by atoms with Crippen LogP contribution in [-0.2, 0) is 9.59 Å². The van der Waals surface area contributed by atoms with Gasteiger partial charge in [-0.3, -0.25) is 9.59 Å². The molecule has 1 saturated heterocycles. The summed E-state index contributed by atoms with van der Waals surface area (Å²) in [5.74, 6) is -0.132. The number of carbonyl (C=O) groups excluding carboxylic acids is 2. The lowest BCUT2D eigenvalue weighted by atomic mass is 9.82. The van der Waals surface area contributed by atoms with Gasteiger partial charge in [0.15, 0.2) is 0 Å². The van der Waals surface area contributed by atoms with Gasteiger partial charge < -0.3 is 16.0 Å². The Kier molecular flexibility index (Phi) is 6.94. The molecule has 0 aromatic heterocycles. The molecule has 0 spiro atoms. The molecule has 21 heavy (non-hydrogen) atoms. The molecule has 2 fully saturated rings. The van der Waals surface area contributed by atoms with Crippen molar-refractivity contribution in [2.75, 3.05) is 13.1 Å². The van der Waals surface area contributed by atoms with Crippen molar-refractivity contribution in [3.63, 3.8) is 0 Å². The Morgan fingerprint density at radius 3 is 2.14 bits per heavy atom. The topological polar surface area (TPSA) is 75.4 Å². The Balaban J connectivity index is 0.00000220. The third kappa shape index (κ3) is 4.58. The van der Waals surface area contributed by atoms with Crippen molar-refractivity contribution < 1.29 is 9.59 Å². The van der Waals surface area contributed by atoms with E-state index in [0.29, 0.717) is 0 Å². The quantitative estimate of drug-likeness (QED) is 0.830. The number of nitrogens with two attached hydrogens (primary N) is 1. The summed E-state index contributed by atoms with van der Waals surface area (Å²) >= 11 is 0. The first-order valence-corrected chi connectivity index (χ1v) is 7.91. The van der Waals surface area contributed by atoms with Crippen LogP contribution in [0.4, 0.5) is 0 Å². The second-order valence-electron chi connectivity index (χ2n) is 6.30. The summed E-state index contributed by atoms with van der Waals surface area (Å²) in [6, 6.07) is -0.469. The molecule has 0 aromatic carbocycles. The summed E-state index contributed by atoms with van der Waals surface area (Å²) in [6.45, 7) is 3.39. The molecule has 1 saturated carbocycles. The molecule has 3 N–H and O–H groups in total. The minimum Gasteiger partial charge on any atom is -0.343 e. The smallest absolute Gasteiger partial charge is 0.244 e. The van der Waals surface area contributed by atoms with Crippen LogP contribution in [0.2, 0.25) is 0 Å². The molecule has 2 aliphatic rings. The largest absolute Gasteiger partial charge is 0.343 e. The molecule has 1 heterocycles. The van der Waals surface area contributed by atoms with Gasteiger partial charge in [-0.1, -0.05) is 19.3 Å². The van der Waals surface area contributed by atoms with E-state index in [9.17, 15) is 9.59 Å². The predicted molar refractivity (Wildman–Crippen MR) is 85.3 cm³/mol. The number of halogens is 1. The number of nitrogens with zero attached hydrogens (tertiary/aromatic N) is 1. The SMILES string of the molecule is CC(NC(=O)C1(N)CCCCC1)C(=O)N1CCCCC1.Cl. The van der Waals surface area contributed by atoms with E-state index in [0.717, 1.165) is 58.0 Å². The van der Waals surface area contributed by atoms with Crippen LogP contribution in [0, 0.1) is 0 Å². The Labute approximate surface area is 133 Å².